The van der Waals surface area contributed by atoms with Gasteiger partial charge in [-0.3, -0.25) is 0 Å². The molecule has 0 unspecified atom stereocenters. The number of hydrogen-bond donors (Lipinski definition) is 1. The van der Waals surface area contributed by atoms with Crippen LogP contribution < -0.4 is 5.32 Å². The Hall–Kier alpha value is -1.74. The molecule has 2 aromatic rings. The molecule has 0 aliphatic heterocycles. The molecule has 1 aliphatic rings. The Bertz CT molecular complexity index is 633. The molecule has 0 saturated heterocycles. The normalized spacial score (nSPS) is 14.6. The van der Waals surface area contributed by atoms with Crippen molar-refractivity contribution in [1.82, 2.24) is 5.32 Å². The Labute approximate surface area is 117 Å². The zero-order chi connectivity index (χ0) is 14.1. The van der Waals surface area contributed by atoms with Gasteiger partial charge in [0, 0.05) is 18.2 Å². The summed E-state index contributed by atoms with van der Waals surface area (Å²) in [7, 11) is 0. The van der Waals surface area contributed by atoms with E-state index in [1.807, 2.05) is 24.3 Å². The van der Waals surface area contributed by atoms with E-state index in [2.05, 4.69) is 5.32 Å². The first-order valence-electron chi connectivity index (χ1n) is 6.93. The van der Waals surface area contributed by atoms with Gasteiger partial charge in [-0.15, -0.1) is 0 Å². The molecule has 0 heterocycles. The van der Waals surface area contributed by atoms with E-state index in [1.165, 1.54) is 12.8 Å². The van der Waals surface area contributed by atoms with Gasteiger partial charge in [-0.2, -0.15) is 0 Å². The fraction of sp³-hybridized carbons (Fsp3) is 0.294. The van der Waals surface area contributed by atoms with E-state index in [1.54, 1.807) is 19.1 Å². The second-order valence-electron chi connectivity index (χ2n) is 5.37. The Kier molecular flexibility index (Phi) is 3.53. The maximum Gasteiger partial charge on any atom is 0.166 e. The number of rotatable bonds is 4. The zero-order valence-electron chi connectivity index (χ0n) is 11.4. The van der Waals surface area contributed by atoms with E-state index in [0.717, 1.165) is 11.1 Å². The minimum absolute atomic E-state index is 0.333. The third-order valence-corrected chi connectivity index (χ3v) is 3.74. The van der Waals surface area contributed by atoms with E-state index in [0.29, 0.717) is 23.7 Å². The molecule has 104 valence electrons. The lowest BCUT2D eigenvalue weighted by Crippen LogP contribution is -2.16. The number of aryl methyl sites for hydroxylation is 1. The third-order valence-electron chi connectivity index (χ3n) is 3.74. The zero-order valence-corrected chi connectivity index (χ0v) is 11.4. The number of hydrogen-bond acceptors (Lipinski definition) is 1. The van der Waals surface area contributed by atoms with Crippen molar-refractivity contribution in [2.24, 2.45) is 0 Å². The average molecular weight is 273 g/mol. The largest absolute Gasteiger partial charge is 0.310 e. The van der Waals surface area contributed by atoms with Crippen LogP contribution in [0.15, 0.2) is 36.4 Å². The van der Waals surface area contributed by atoms with Gasteiger partial charge in [0.15, 0.2) is 11.6 Å². The molecule has 2 aromatic carbocycles. The van der Waals surface area contributed by atoms with Gasteiger partial charge in [-0.1, -0.05) is 36.4 Å². The highest BCUT2D eigenvalue weighted by Crippen LogP contribution is 2.29. The lowest BCUT2D eigenvalue weighted by molar-refractivity contribution is 0.505. The first-order chi connectivity index (χ1) is 9.66. The van der Waals surface area contributed by atoms with Crippen LogP contribution in [0.25, 0.3) is 11.1 Å². The fourth-order valence-electron chi connectivity index (χ4n) is 2.33. The van der Waals surface area contributed by atoms with Crippen LogP contribution in [0.5, 0.6) is 0 Å². The molecule has 1 fully saturated rings. The number of nitrogens with one attached hydrogen (secondary N) is 1. The monoisotopic (exact) mass is 273 g/mol. The number of benzene rings is 2. The minimum atomic E-state index is -0.760. The smallest absolute Gasteiger partial charge is 0.166 e. The van der Waals surface area contributed by atoms with E-state index < -0.39 is 11.6 Å². The highest BCUT2D eigenvalue weighted by atomic mass is 19.2. The molecular formula is C17H17F2N. The van der Waals surface area contributed by atoms with Crippen molar-refractivity contribution < 1.29 is 8.78 Å². The molecule has 0 atom stereocenters. The summed E-state index contributed by atoms with van der Waals surface area (Å²) < 4.78 is 27.9. The lowest BCUT2D eigenvalue weighted by Gasteiger charge is -2.12. The molecule has 20 heavy (non-hydrogen) atoms. The molecule has 0 spiro atoms. The van der Waals surface area contributed by atoms with Gasteiger partial charge < -0.3 is 5.32 Å². The molecule has 0 amide bonds. The standard InChI is InChI=1S/C17H17F2N/c1-11-6-9-15(17(19)16(11)18)14-5-3-2-4-12(14)10-20-13-7-8-13/h2-6,9,13,20H,7-8,10H2,1H3. The maximum absolute atomic E-state index is 14.1. The van der Waals surface area contributed by atoms with E-state index >= 15 is 0 Å². The van der Waals surface area contributed by atoms with Crippen molar-refractivity contribution in [3.8, 4) is 11.1 Å². The molecule has 1 nitrogen and oxygen atoms in total. The van der Waals surface area contributed by atoms with Crippen LogP contribution in [0.3, 0.4) is 0 Å². The fourth-order valence-corrected chi connectivity index (χ4v) is 2.33. The van der Waals surface area contributed by atoms with Crippen molar-refractivity contribution in [3.05, 3.63) is 59.2 Å². The van der Waals surface area contributed by atoms with Gasteiger partial charge in [0.1, 0.15) is 0 Å². The van der Waals surface area contributed by atoms with Crippen LogP contribution in [0.1, 0.15) is 24.0 Å². The predicted molar refractivity (Wildman–Crippen MR) is 76.4 cm³/mol. The first kappa shape index (κ1) is 13.3. The van der Waals surface area contributed by atoms with Gasteiger partial charge in [-0.25, -0.2) is 8.78 Å². The summed E-state index contributed by atoms with van der Waals surface area (Å²) >= 11 is 0. The van der Waals surface area contributed by atoms with Gasteiger partial charge in [0.25, 0.3) is 0 Å². The van der Waals surface area contributed by atoms with Crippen LogP contribution in [0.4, 0.5) is 8.78 Å². The van der Waals surface area contributed by atoms with Gasteiger partial charge in [0.2, 0.25) is 0 Å². The molecule has 1 saturated carbocycles. The molecule has 1 aliphatic carbocycles. The van der Waals surface area contributed by atoms with Gasteiger partial charge in [0.05, 0.1) is 0 Å². The summed E-state index contributed by atoms with van der Waals surface area (Å²) in [5.41, 5.74) is 2.43. The Balaban J connectivity index is 1.98. The van der Waals surface area contributed by atoms with Crippen molar-refractivity contribution in [2.75, 3.05) is 0 Å². The predicted octanol–water partition coefficient (Wildman–Crippen LogP) is 4.19. The first-order valence-corrected chi connectivity index (χ1v) is 6.93. The Morgan fingerprint density at radius 3 is 2.50 bits per heavy atom. The molecule has 0 aromatic heterocycles. The second-order valence-corrected chi connectivity index (χ2v) is 5.37. The van der Waals surface area contributed by atoms with Crippen molar-refractivity contribution in [2.45, 2.75) is 32.4 Å². The second kappa shape index (κ2) is 5.33. The molecule has 3 heteroatoms. The third kappa shape index (κ3) is 2.59. The van der Waals surface area contributed by atoms with Crippen molar-refractivity contribution in [1.29, 1.82) is 0 Å². The molecular weight excluding hydrogens is 256 g/mol. The summed E-state index contributed by atoms with van der Waals surface area (Å²) in [6.45, 7) is 2.26. The number of halogens is 2. The van der Waals surface area contributed by atoms with E-state index in [-0.39, 0.29) is 0 Å². The summed E-state index contributed by atoms with van der Waals surface area (Å²) in [6.07, 6.45) is 2.41. The summed E-state index contributed by atoms with van der Waals surface area (Å²) in [5, 5.41) is 3.41. The molecule has 0 bridgehead atoms. The highest BCUT2D eigenvalue weighted by Gasteiger charge is 2.21. The Morgan fingerprint density at radius 2 is 1.75 bits per heavy atom. The van der Waals surface area contributed by atoms with Gasteiger partial charge in [-0.05, 0) is 36.5 Å². The highest BCUT2D eigenvalue weighted by molar-refractivity contribution is 5.68. The van der Waals surface area contributed by atoms with Crippen molar-refractivity contribution in [3.63, 3.8) is 0 Å². The van der Waals surface area contributed by atoms with Crippen LogP contribution in [0.2, 0.25) is 0 Å². The van der Waals surface area contributed by atoms with Crippen molar-refractivity contribution >= 4 is 0 Å². The summed E-state index contributed by atoms with van der Waals surface area (Å²) in [5.74, 6) is -1.52. The maximum atomic E-state index is 14.1. The summed E-state index contributed by atoms with van der Waals surface area (Å²) in [4.78, 5) is 0. The quantitative estimate of drug-likeness (QED) is 0.880. The Morgan fingerprint density at radius 1 is 1.00 bits per heavy atom. The molecule has 0 radical (unpaired) electrons. The molecule has 3 rings (SSSR count). The van der Waals surface area contributed by atoms with E-state index in [9.17, 15) is 8.78 Å². The average Bonchev–Trinajstić information content (AvgIpc) is 3.28. The van der Waals surface area contributed by atoms with Crippen LogP contribution in [0, 0.1) is 18.6 Å². The lowest BCUT2D eigenvalue weighted by atomic mass is 9.98. The van der Waals surface area contributed by atoms with Gasteiger partial charge >= 0.3 is 0 Å². The topological polar surface area (TPSA) is 12.0 Å². The SMILES string of the molecule is Cc1ccc(-c2ccccc2CNC2CC2)c(F)c1F. The van der Waals surface area contributed by atoms with Crippen LogP contribution >= 0.6 is 0 Å². The summed E-state index contributed by atoms with van der Waals surface area (Å²) in [6, 6.07) is 11.5. The van der Waals surface area contributed by atoms with E-state index in [4.69, 9.17) is 0 Å². The molecule has 1 N–H and O–H groups in total. The van der Waals surface area contributed by atoms with Crippen LogP contribution in [-0.2, 0) is 6.54 Å². The van der Waals surface area contributed by atoms with Crippen LogP contribution in [-0.4, -0.2) is 6.04 Å². The minimum Gasteiger partial charge on any atom is -0.310 e.